The Bertz CT molecular complexity index is 1190. The number of nitrogens with one attached hydrogen (secondary N) is 1. The summed E-state index contributed by atoms with van der Waals surface area (Å²) < 4.78 is 6.91. The molecule has 2 saturated carbocycles. The summed E-state index contributed by atoms with van der Waals surface area (Å²) in [5, 5.41) is 13.3. The summed E-state index contributed by atoms with van der Waals surface area (Å²) in [6, 6.07) is 10.2. The van der Waals surface area contributed by atoms with Crippen LogP contribution in [0.25, 0.3) is 10.9 Å². The summed E-state index contributed by atoms with van der Waals surface area (Å²) in [6.07, 6.45) is 5.25. The molecule has 2 fully saturated rings. The molecule has 0 saturated heterocycles. The molecular formula is C26H30N4O4. The highest BCUT2D eigenvalue weighted by molar-refractivity contribution is 5.91. The van der Waals surface area contributed by atoms with Gasteiger partial charge in [-0.3, -0.25) is 14.4 Å². The number of methoxy groups -OCH3 is 1. The van der Waals surface area contributed by atoms with Gasteiger partial charge >= 0.3 is 5.97 Å². The topological polar surface area (TPSA) is 104 Å². The molecule has 1 aromatic heterocycles. The first-order valence-corrected chi connectivity index (χ1v) is 12.1. The van der Waals surface area contributed by atoms with Crippen molar-refractivity contribution in [3.05, 3.63) is 35.5 Å². The summed E-state index contributed by atoms with van der Waals surface area (Å²) in [4.78, 5) is 40.7. The average Bonchev–Trinajstić information content (AvgIpc) is 3.59. The first-order valence-electron chi connectivity index (χ1n) is 12.1. The van der Waals surface area contributed by atoms with Gasteiger partial charge in [0.2, 0.25) is 11.8 Å². The van der Waals surface area contributed by atoms with Gasteiger partial charge in [-0.1, -0.05) is 31.0 Å². The highest BCUT2D eigenvalue weighted by atomic mass is 16.5. The molecule has 1 aromatic carbocycles. The Hall–Kier alpha value is -3.34. The number of nitriles is 1. The maximum absolute atomic E-state index is 13.7. The third-order valence-corrected chi connectivity index (χ3v) is 7.73. The summed E-state index contributed by atoms with van der Waals surface area (Å²) in [5.74, 6) is -1.16. The SMILES string of the molecule is COC(=O)Cn1c2c(c3ccccc31)CN(C(=O)[C@@H]1CCCC[C@H]1C(=O)NC1(C#N)CC1)CC2. The number of benzene rings is 1. The summed E-state index contributed by atoms with van der Waals surface area (Å²) >= 11 is 0. The van der Waals surface area contributed by atoms with Crippen LogP contribution in [0.15, 0.2) is 24.3 Å². The van der Waals surface area contributed by atoms with Gasteiger partial charge in [0.15, 0.2) is 0 Å². The fourth-order valence-electron chi connectivity index (χ4n) is 5.66. The smallest absolute Gasteiger partial charge is 0.325 e. The van der Waals surface area contributed by atoms with E-state index in [-0.39, 0.29) is 36.2 Å². The highest BCUT2D eigenvalue weighted by Gasteiger charge is 2.47. The predicted octanol–water partition coefficient (Wildman–Crippen LogP) is 2.68. The van der Waals surface area contributed by atoms with Crippen LogP contribution >= 0.6 is 0 Å². The Morgan fingerprint density at radius 3 is 2.62 bits per heavy atom. The minimum absolute atomic E-state index is 0.0251. The van der Waals surface area contributed by atoms with E-state index in [1.54, 1.807) is 0 Å². The van der Waals surface area contributed by atoms with E-state index in [9.17, 15) is 19.6 Å². The van der Waals surface area contributed by atoms with Gasteiger partial charge in [0.1, 0.15) is 12.1 Å². The van der Waals surface area contributed by atoms with Crippen molar-refractivity contribution >= 4 is 28.7 Å². The summed E-state index contributed by atoms with van der Waals surface area (Å²) in [6.45, 7) is 1.16. The van der Waals surface area contributed by atoms with E-state index in [1.807, 2.05) is 33.7 Å². The number of amides is 2. The third-order valence-electron chi connectivity index (χ3n) is 7.73. The molecule has 1 aliphatic heterocycles. The van der Waals surface area contributed by atoms with E-state index in [4.69, 9.17) is 4.74 Å². The van der Waals surface area contributed by atoms with Gasteiger partial charge in [0.25, 0.3) is 0 Å². The number of ether oxygens (including phenoxy) is 1. The molecule has 2 atom stereocenters. The second-order valence-corrected chi connectivity index (χ2v) is 9.80. The number of fused-ring (bicyclic) bond motifs is 3. The van der Waals surface area contributed by atoms with Crippen LogP contribution in [0, 0.1) is 23.2 Å². The molecule has 0 spiro atoms. The van der Waals surface area contributed by atoms with Crippen LogP contribution in [0.3, 0.4) is 0 Å². The molecule has 5 rings (SSSR count). The van der Waals surface area contributed by atoms with Gasteiger partial charge < -0.3 is 19.5 Å². The second kappa shape index (κ2) is 8.79. The van der Waals surface area contributed by atoms with E-state index in [2.05, 4.69) is 11.4 Å². The zero-order chi connectivity index (χ0) is 23.9. The molecule has 2 aliphatic carbocycles. The fraction of sp³-hybridized carbons (Fsp3) is 0.538. The second-order valence-electron chi connectivity index (χ2n) is 9.80. The maximum Gasteiger partial charge on any atom is 0.325 e. The maximum atomic E-state index is 13.7. The lowest BCUT2D eigenvalue weighted by Crippen LogP contribution is -2.48. The van der Waals surface area contributed by atoms with Crippen LogP contribution in [0.1, 0.15) is 49.8 Å². The first kappa shape index (κ1) is 22.5. The number of carbonyl (C=O) groups is 3. The van der Waals surface area contributed by atoms with Gasteiger partial charge in [-0.05, 0) is 31.7 Å². The minimum atomic E-state index is -0.719. The number of rotatable bonds is 5. The predicted molar refractivity (Wildman–Crippen MR) is 124 cm³/mol. The minimum Gasteiger partial charge on any atom is -0.468 e. The van der Waals surface area contributed by atoms with Gasteiger partial charge in [0.05, 0.1) is 13.2 Å². The van der Waals surface area contributed by atoms with E-state index in [0.717, 1.165) is 35.0 Å². The van der Waals surface area contributed by atoms with Crippen molar-refractivity contribution in [2.75, 3.05) is 13.7 Å². The molecular weight excluding hydrogens is 432 g/mol. The molecule has 2 amide bonds. The zero-order valence-electron chi connectivity index (χ0n) is 19.5. The number of aromatic nitrogens is 1. The summed E-state index contributed by atoms with van der Waals surface area (Å²) in [5.41, 5.74) is 2.38. The molecule has 0 unspecified atom stereocenters. The molecule has 2 heterocycles. The number of esters is 1. The van der Waals surface area contributed by atoms with Crippen molar-refractivity contribution in [1.82, 2.24) is 14.8 Å². The Morgan fingerprint density at radius 2 is 1.91 bits per heavy atom. The van der Waals surface area contributed by atoms with Gasteiger partial charge in [-0.15, -0.1) is 0 Å². The Labute approximate surface area is 198 Å². The van der Waals surface area contributed by atoms with Crippen LogP contribution in [-0.4, -0.2) is 46.4 Å². The van der Waals surface area contributed by atoms with E-state index in [0.29, 0.717) is 45.2 Å². The van der Waals surface area contributed by atoms with Crippen LogP contribution in [0.5, 0.6) is 0 Å². The Balaban J connectivity index is 1.38. The van der Waals surface area contributed by atoms with Crippen LogP contribution < -0.4 is 5.32 Å². The molecule has 8 heteroatoms. The number of carbonyl (C=O) groups excluding carboxylic acids is 3. The fourth-order valence-corrected chi connectivity index (χ4v) is 5.66. The zero-order valence-corrected chi connectivity index (χ0v) is 19.5. The van der Waals surface area contributed by atoms with Crippen molar-refractivity contribution < 1.29 is 19.1 Å². The molecule has 8 nitrogen and oxygen atoms in total. The van der Waals surface area contributed by atoms with Crippen molar-refractivity contribution in [1.29, 1.82) is 5.26 Å². The number of hydrogen-bond acceptors (Lipinski definition) is 5. The monoisotopic (exact) mass is 462 g/mol. The van der Waals surface area contributed by atoms with Gasteiger partial charge in [0, 0.05) is 53.5 Å². The molecule has 2 aromatic rings. The Kier molecular flexibility index (Phi) is 5.80. The van der Waals surface area contributed by atoms with Crippen LogP contribution in [0.4, 0.5) is 0 Å². The molecule has 0 bridgehead atoms. The quantitative estimate of drug-likeness (QED) is 0.688. The average molecular weight is 463 g/mol. The lowest BCUT2D eigenvalue weighted by molar-refractivity contribution is -0.144. The molecule has 1 N–H and O–H groups in total. The molecule has 178 valence electrons. The van der Waals surface area contributed by atoms with E-state index < -0.39 is 5.54 Å². The molecule has 3 aliphatic rings. The molecule has 0 radical (unpaired) electrons. The third kappa shape index (κ3) is 3.93. The number of nitrogens with zero attached hydrogens (tertiary/aromatic N) is 3. The van der Waals surface area contributed by atoms with Gasteiger partial charge in [-0.25, -0.2) is 0 Å². The molecule has 34 heavy (non-hydrogen) atoms. The van der Waals surface area contributed by atoms with Crippen molar-refractivity contribution in [2.45, 2.75) is 63.6 Å². The van der Waals surface area contributed by atoms with E-state index in [1.165, 1.54) is 7.11 Å². The standard InChI is InChI=1S/C26H30N4O4/c1-34-23(31)15-30-21-9-5-4-6-17(21)20-14-29(13-10-22(20)30)25(33)19-8-3-2-7-18(19)24(32)28-26(16-27)11-12-26/h4-6,9,18-19H,2-3,7-8,10-15H2,1H3,(H,28,32)/t18-,19-/m1/s1. The number of para-hydroxylation sites is 1. The largest absolute Gasteiger partial charge is 0.468 e. The van der Waals surface area contributed by atoms with Gasteiger partial charge in [-0.2, -0.15) is 5.26 Å². The van der Waals surface area contributed by atoms with Crippen molar-refractivity contribution in [3.63, 3.8) is 0 Å². The van der Waals surface area contributed by atoms with E-state index >= 15 is 0 Å². The Morgan fingerprint density at radius 1 is 1.18 bits per heavy atom. The highest BCUT2D eigenvalue weighted by Crippen LogP contribution is 2.38. The van der Waals surface area contributed by atoms with Crippen molar-refractivity contribution in [3.8, 4) is 6.07 Å². The van der Waals surface area contributed by atoms with Crippen molar-refractivity contribution in [2.24, 2.45) is 11.8 Å². The lowest BCUT2D eigenvalue weighted by Gasteiger charge is -2.36. The lowest BCUT2D eigenvalue weighted by atomic mass is 9.77. The summed E-state index contributed by atoms with van der Waals surface area (Å²) in [7, 11) is 1.39. The normalized spacial score (nSPS) is 23.0. The van der Waals surface area contributed by atoms with Crippen LogP contribution in [-0.2, 0) is 38.6 Å². The number of hydrogen-bond donors (Lipinski definition) is 1. The first-order chi connectivity index (χ1) is 16.5. The van der Waals surface area contributed by atoms with Crippen LogP contribution in [0.2, 0.25) is 0 Å².